The quantitative estimate of drug-likeness (QED) is 0.914. The zero-order chi connectivity index (χ0) is 17.6. The van der Waals surface area contributed by atoms with E-state index in [0.29, 0.717) is 35.1 Å². The van der Waals surface area contributed by atoms with Gasteiger partial charge in [-0.25, -0.2) is 4.79 Å². The summed E-state index contributed by atoms with van der Waals surface area (Å²) < 4.78 is 16.5. The first kappa shape index (κ1) is 16.5. The number of benzene rings is 1. The number of nitrogens with zero attached hydrogens (tertiary/aromatic N) is 1. The lowest BCUT2D eigenvalue weighted by molar-refractivity contribution is 0.0567. The van der Waals surface area contributed by atoms with Gasteiger partial charge in [0.05, 0.1) is 33.5 Å². The number of ether oxygens (including phenoxy) is 3. The molecule has 2 aliphatic heterocycles. The average molecular weight is 346 g/mol. The first-order valence-corrected chi connectivity index (χ1v) is 8.96. The van der Waals surface area contributed by atoms with Crippen LogP contribution in [-0.4, -0.2) is 51.0 Å². The highest BCUT2D eigenvalue weighted by molar-refractivity contribution is 5.90. The van der Waals surface area contributed by atoms with E-state index in [-0.39, 0.29) is 12.1 Å². The minimum atomic E-state index is -0.0581. The zero-order valence-corrected chi connectivity index (χ0v) is 15.1. The van der Waals surface area contributed by atoms with Crippen LogP contribution in [0.2, 0.25) is 0 Å². The van der Waals surface area contributed by atoms with Crippen LogP contribution in [-0.2, 0) is 4.74 Å². The molecule has 136 valence electrons. The molecule has 6 heteroatoms. The van der Waals surface area contributed by atoms with E-state index in [0.717, 1.165) is 18.7 Å². The number of nitrogens with one attached hydrogen (secondary N) is 1. The van der Waals surface area contributed by atoms with Crippen molar-refractivity contribution in [3.05, 3.63) is 17.7 Å². The van der Waals surface area contributed by atoms with Crippen molar-refractivity contribution in [1.82, 2.24) is 4.90 Å². The van der Waals surface area contributed by atoms with Gasteiger partial charge >= 0.3 is 6.03 Å². The molecule has 2 saturated heterocycles. The Labute approximate surface area is 148 Å². The lowest BCUT2D eigenvalue weighted by Gasteiger charge is -2.41. The molecule has 0 bridgehead atoms. The Morgan fingerprint density at radius 2 is 1.92 bits per heavy atom. The molecule has 1 aliphatic carbocycles. The maximum atomic E-state index is 12.9. The molecular weight excluding hydrogens is 320 g/mol. The van der Waals surface area contributed by atoms with Crippen LogP contribution in [0, 0.1) is 18.3 Å². The van der Waals surface area contributed by atoms with Crippen molar-refractivity contribution >= 4 is 11.7 Å². The summed E-state index contributed by atoms with van der Waals surface area (Å²) in [5.41, 5.74) is 1.90. The summed E-state index contributed by atoms with van der Waals surface area (Å²) in [5, 5.41) is 3.03. The smallest absolute Gasteiger partial charge is 0.322 e. The fourth-order valence-electron chi connectivity index (χ4n) is 4.74. The molecular formula is C19H26N2O4. The summed E-state index contributed by atoms with van der Waals surface area (Å²) in [4.78, 5) is 14.9. The van der Waals surface area contributed by atoms with Gasteiger partial charge in [-0.05, 0) is 25.2 Å². The van der Waals surface area contributed by atoms with Crippen molar-refractivity contribution in [2.75, 3.05) is 39.3 Å². The topological polar surface area (TPSA) is 60.0 Å². The summed E-state index contributed by atoms with van der Waals surface area (Å²) in [5.74, 6) is 1.90. The van der Waals surface area contributed by atoms with E-state index >= 15 is 0 Å². The number of methoxy groups -OCH3 is 2. The third kappa shape index (κ3) is 2.54. The van der Waals surface area contributed by atoms with Gasteiger partial charge in [-0.15, -0.1) is 0 Å². The van der Waals surface area contributed by atoms with Crippen molar-refractivity contribution < 1.29 is 19.0 Å². The van der Waals surface area contributed by atoms with Gasteiger partial charge < -0.3 is 24.4 Å². The maximum absolute atomic E-state index is 12.9. The van der Waals surface area contributed by atoms with Gasteiger partial charge in [0, 0.05) is 35.8 Å². The SMILES string of the molecule is COc1cc(NC(=O)N2CC3(CCC3)C3COCC32)cc(OC)c1C. The van der Waals surface area contributed by atoms with Gasteiger partial charge in [0.25, 0.3) is 0 Å². The third-order valence-electron chi connectivity index (χ3n) is 6.34. The molecule has 4 rings (SSSR count). The monoisotopic (exact) mass is 346 g/mol. The van der Waals surface area contributed by atoms with Gasteiger partial charge in [0.2, 0.25) is 0 Å². The van der Waals surface area contributed by atoms with Gasteiger partial charge in [-0.1, -0.05) is 6.42 Å². The van der Waals surface area contributed by atoms with Crippen molar-refractivity contribution in [1.29, 1.82) is 0 Å². The Morgan fingerprint density at radius 3 is 2.48 bits per heavy atom. The maximum Gasteiger partial charge on any atom is 0.322 e. The highest BCUT2D eigenvalue weighted by Crippen LogP contribution is 2.55. The van der Waals surface area contributed by atoms with Crippen LogP contribution in [0.4, 0.5) is 10.5 Å². The van der Waals surface area contributed by atoms with E-state index in [9.17, 15) is 4.79 Å². The second-order valence-corrected chi connectivity index (χ2v) is 7.49. The van der Waals surface area contributed by atoms with Crippen LogP contribution in [0.15, 0.2) is 12.1 Å². The largest absolute Gasteiger partial charge is 0.496 e. The van der Waals surface area contributed by atoms with E-state index in [1.165, 1.54) is 19.3 Å². The third-order valence-corrected chi connectivity index (χ3v) is 6.34. The fourth-order valence-corrected chi connectivity index (χ4v) is 4.74. The minimum absolute atomic E-state index is 0.0581. The zero-order valence-electron chi connectivity index (χ0n) is 15.1. The minimum Gasteiger partial charge on any atom is -0.496 e. The number of anilines is 1. The highest BCUT2D eigenvalue weighted by atomic mass is 16.5. The summed E-state index contributed by atoms with van der Waals surface area (Å²) in [7, 11) is 3.24. The number of carbonyl (C=O) groups excluding carboxylic acids is 1. The van der Waals surface area contributed by atoms with Crippen molar-refractivity contribution in [3.8, 4) is 11.5 Å². The standard InChI is InChI=1S/C19H26N2O4/c1-12-16(23-2)7-13(8-17(12)24-3)20-18(22)21-11-19(5-4-6-19)14-9-25-10-15(14)21/h7-8,14-15H,4-6,9-11H2,1-3H3,(H,20,22). The molecule has 1 saturated carbocycles. The predicted molar refractivity (Wildman–Crippen MR) is 94.4 cm³/mol. The van der Waals surface area contributed by atoms with Crippen LogP contribution in [0.3, 0.4) is 0 Å². The molecule has 1 N–H and O–H groups in total. The Morgan fingerprint density at radius 1 is 1.24 bits per heavy atom. The first-order chi connectivity index (χ1) is 12.1. The van der Waals surface area contributed by atoms with E-state index in [2.05, 4.69) is 5.32 Å². The molecule has 2 amide bonds. The van der Waals surface area contributed by atoms with E-state index < -0.39 is 0 Å². The lowest BCUT2D eigenvalue weighted by Crippen LogP contribution is -2.41. The second-order valence-electron chi connectivity index (χ2n) is 7.49. The molecule has 1 spiro atoms. The second kappa shape index (κ2) is 6.09. The molecule has 2 heterocycles. The molecule has 6 nitrogen and oxygen atoms in total. The number of carbonyl (C=O) groups is 1. The number of hydrogen-bond donors (Lipinski definition) is 1. The van der Waals surface area contributed by atoms with E-state index in [1.807, 2.05) is 24.0 Å². The van der Waals surface area contributed by atoms with Crippen molar-refractivity contribution in [3.63, 3.8) is 0 Å². The molecule has 0 radical (unpaired) electrons. The van der Waals surface area contributed by atoms with Crippen LogP contribution in [0.25, 0.3) is 0 Å². The molecule has 2 unspecified atom stereocenters. The summed E-state index contributed by atoms with van der Waals surface area (Å²) >= 11 is 0. The summed E-state index contributed by atoms with van der Waals surface area (Å²) in [6, 6.07) is 3.83. The Kier molecular flexibility index (Phi) is 4.02. The molecule has 3 fully saturated rings. The normalized spacial score (nSPS) is 26.3. The van der Waals surface area contributed by atoms with Gasteiger partial charge in [0.15, 0.2) is 0 Å². The number of urea groups is 1. The Balaban J connectivity index is 1.54. The molecule has 25 heavy (non-hydrogen) atoms. The summed E-state index contributed by atoms with van der Waals surface area (Å²) in [6.07, 6.45) is 3.70. The molecule has 0 aromatic heterocycles. The van der Waals surface area contributed by atoms with E-state index in [1.54, 1.807) is 14.2 Å². The van der Waals surface area contributed by atoms with Crippen molar-refractivity contribution in [2.45, 2.75) is 32.2 Å². The molecule has 1 aromatic rings. The molecule has 3 aliphatic rings. The van der Waals surface area contributed by atoms with Gasteiger partial charge in [-0.2, -0.15) is 0 Å². The molecule has 1 aromatic carbocycles. The Hall–Kier alpha value is -1.95. The number of rotatable bonds is 3. The van der Waals surface area contributed by atoms with E-state index in [4.69, 9.17) is 14.2 Å². The first-order valence-electron chi connectivity index (χ1n) is 8.96. The van der Waals surface area contributed by atoms with Gasteiger partial charge in [0.1, 0.15) is 11.5 Å². The average Bonchev–Trinajstić information content (AvgIpc) is 3.16. The lowest BCUT2D eigenvalue weighted by atomic mass is 9.62. The number of amides is 2. The van der Waals surface area contributed by atoms with Crippen LogP contribution < -0.4 is 14.8 Å². The highest BCUT2D eigenvalue weighted by Gasteiger charge is 2.58. The van der Waals surface area contributed by atoms with Crippen molar-refractivity contribution in [2.24, 2.45) is 11.3 Å². The van der Waals surface area contributed by atoms with Crippen LogP contribution >= 0.6 is 0 Å². The predicted octanol–water partition coefficient (Wildman–Crippen LogP) is 3.05. The molecule has 2 atom stereocenters. The van der Waals surface area contributed by atoms with Crippen LogP contribution in [0.5, 0.6) is 11.5 Å². The fraction of sp³-hybridized carbons (Fsp3) is 0.632. The van der Waals surface area contributed by atoms with Crippen LogP contribution in [0.1, 0.15) is 24.8 Å². The summed E-state index contributed by atoms with van der Waals surface area (Å²) in [6.45, 7) is 4.23. The number of fused-ring (bicyclic) bond motifs is 2. The number of hydrogen-bond acceptors (Lipinski definition) is 4. The number of likely N-dealkylation sites (tertiary alicyclic amines) is 1. The van der Waals surface area contributed by atoms with Gasteiger partial charge in [-0.3, -0.25) is 0 Å². The Bertz CT molecular complexity index is 661.